The fourth-order valence-corrected chi connectivity index (χ4v) is 9.85. The molecule has 52 heavy (non-hydrogen) atoms. The van der Waals surface area contributed by atoms with Crippen LogP contribution in [0.2, 0.25) is 0 Å². The Labute approximate surface area is 301 Å². The highest BCUT2D eigenvalue weighted by molar-refractivity contribution is 7.26. The molecule has 4 heterocycles. The number of nitrogens with zero attached hydrogens (tertiary/aromatic N) is 1. The van der Waals surface area contributed by atoms with Crippen molar-refractivity contribution in [3.05, 3.63) is 164 Å². The molecule has 3 nitrogen and oxygen atoms in total. The quantitative estimate of drug-likeness (QED) is 0.186. The Morgan fingerprint density at radius 1 is 0.365 bits per heavy atom. The number of aromatic nitrogens is 1. The summed E-state index contributed by atoms with van der Waals surface area (Å²) in [6.45, 7) is 0. The minimum atomic E-state index is 0.897. The summed E-state index contributed by atoms with van der Waals surface area (Å²) in [5.74, 6) is 0. The van der Waals surface area contributed by atoms with Crippen molar-refractivity contribution in [1.29, 1.82) is 0 Å². The largest absolute Gasteiger partial charge is 0.455 e. The van der Waals surface area contributed by atoms with Gasteiger partial charge >= 0.3 is 0 Å². The van der Waals surface area contributed by atoms with Crippen molar-refractivity contribution < 1.29 is 8.83 Å². The van der Waals surface area contributed by atoms with Crippen LogP contribution in [0.1, 0.15) is 0 Å². The maximum atomic E-state index is 6.67. The summed E-state index contributed by atoms with van der Waals surface area (Å²) in [4.78, 5) is 0. The highest BCUT2D eigenvalue weighted by atomic mass is 32.1. The molecule has 0 radical (unpaired) electrons. The average molecular weight is 682 g/mol. The fraction of sp³-hybridized carbons (Fsp3) is 0. The Morgan fingerprint density at radius 3 is 1.44 bits per heavy atom. The lowest BCUT2D eigenvalue weighted by Crippen LogP contribution is -1.94. The van der Waals surface area contributed by atoms with Gasteiger partial charge in [-0.1, -0.05) is 127 Å². The average Bonchev–Trinajstić information content (AvgIpc) is 3.96. The Bertz CT molecular complexity index is 3260. The first-order valence-corrected chi connectivity index (χ1v) is 18.4. The van der Waals surface area contributed by atoms with Gasteiger partial charge in [0.05, 0.1) is 21.4 Å². The summed E-state index contributed by atoms with van der Waals surface area (Å²) in [6, 6.07) is 58.6. The van der Waals surface area contributed by atoms with Gasteiger partial charge in [0.2, 0.25) is 0 Å². The summed E-state index contributed by atoms with van der Waals surface area (Å²) in [5.41, 5.74) is 11.5. The van der Waals surface area contributed by atoms with Crippen molar-refractivity contribution in [1.82, 2.24) is 4.57 Å². The van der Waals surface area contributed by atoms with Crippen LogP contribution in [0.4, 0.5) is 0 Å². The minimum Gasteiger partial charge on any atom is -0.455 e. The molecule has 0 N–H and O–H groups in total. The summed E-state index contributed by atoms with van der Waals surface area (Å²) in [7, 11) is 0. The second-order valence-corrected chi connectivity index (χ2v) is 14.6. The molecule has 4 aromatic heterocycles. The van der Waals surface area contributed by atoms with Crippen molar-refractivity contribution in [2.45, 2.75) is 0 Å². The molecule has 12 rings (SSSR count). The van der Waals surface area contributed by atoms with Crippen LogP contribution in [0.5, 0.6) is 0 Å². The first kappa shape index (κ1) is 28.1. The van der Waals surface area contributed by atoms with Crippen molar-refractivity contribution in [3.8, 4) is 27.9 Å². The third-order valence-electron chi connectivity index (χ3n) is 10.8. The number of fused-ring (bicyclic) bond motifs is 12. The number of thiophene rings is 1. The van der Waals surface area contributed by atoms with Crippen LogP contribution in [0.15, 0.2) is 173 Å². The van der Waals surface area contributed by atoms with E-state index in [1.165, 1.54) is 36.6 Å². The van der Waals surface area contributed by atoms with E-state index in [1.807, 2.05) is 23.5 Å². The topological polar surface area (TPSA) is 31.2 Å². The van der Waals surface area contributed by atoms with Gasteiger partial charge in [0.15, 0.2) is 0 Å². The molecule has 0 amide bonds. The van der Waals surface area contributed by atoms with Crippen molar-refractivity contribution in [2.24, 2.45) is 0 Å². The molecule has 0 aliphatic heterocycles. The fourth-order valence-electron chi connectivity index (χ4n) is 8.64. The van der Waals surface area contributed by atoms with E-state index in [9.17, 15) is 0 Å². The number of hydrogen-bond acceptors (Lipinski definition) is 3. The number of hydrogen-bond donors (Lipinski definition) is 0. The van der Waals surface area contributed by atoms with Crippen LogP contribution < -0.4 is 0 Å². The van der Waals surface area contributed by atoms with Gasteiger partial charge in [0, 0.05) is 58.9 Å². The molecule has 8 aromatic carbocycles. The van der Waals surface area contributed by atoms with Crippen LogP contribution >= 0.6 is 11.3 Å². The third-order valence-corrected chi connectivity index (χ3v) is 12.0. The van der Waals surface area contributed by atoms with Gasteiger partial charge in [-0.05, 0) is 47.5 Å². The van der Waals surface area contributed by atoms with Gasteiger partial charge in [0.1, 0.15) is 22.3 Å². The molecular formula is C48H27NO2S. The number of furan rings is 2. The van der Waals surface area contributed by atoms with E-state index in [-0.39, 0.29) is 0 Å². The second kappa shape index (κ2) is 10.5. The van der Waals surface area contributed by atoms with E-state index in [2.05, 4.69) is 156 Å². The molecule has 0 saturated carbocycles. The molecule has 0 aliphatic rings. The van der Waals surface area contributed by atoms with Crippen LogP contribution in [-0.2, 0) is 0 Å². The van der Waals surface area contributed by atoms with Gasteiger partial charge in [-0.2, -0.15) is 0 Å². The van der Waals surface area contributed by atoms with Crippen molar-refractivity contribution >= 4 is 97.2 Å². The first-order valence-electron chi connectivity index (χ1n) is 17.6. The molecule has 0 fully saturated rings. The molecule has 0 saturated heterocycles. The van der Waals surface area contributed by atoms with E-state index in [1.54, 1.807) is 0 Å². The number of para-hydroxylation sites is 4. The van der Waals surface area contributed by atoms with E-state index in [0.717, 1.165) is 77.2 Å². The van der Waals surface area contributed by atoms with E-state index in [0.29, 0.717) is 0 Å². The number of rotatable bonds is 3. The van der Waals surface area contributed by atoms with Crippen molar-refractivity contribution in [2.75, 3.05) is 0 Å². The Hall–Kier alpha value is -6.62. The van der Waals surface area contributed by atoms with E-state index in [4.69, 9.17) is 8.83 Å². The maximum Gasteiger partial charge on any atom is 0.143 e. The lowest BCUT2D eigenvalue weighted by molar-refractivity contribution is 0.669. The Balaban J connectivity index is 1.26. The van der Waals surface area contributed by atoms with Gasteiger partial charge in [-0.3, -0.25) is 0 Å². The molecule has 0 unspecified atom stereocenters. The monoisotopic (exact) mass is 681 g/mol. The predicted molar refractivity (Wildman–Crippen MR) is 219 cm³/mol. The summed E-state index contributed by atoms with van der Waals surface area (Å²) in [5, 5.41) is 9.44. The molecule has 242 valence electrons. The zero-order valence-electron chi connectivity index (χ0n) is 27.8. The van der Waals surface area contributed by atoms with Gasteiger partial charge in [0.25, 0.3) is 0 Å². The standard InChI is InChI=1S/C48H27NO2S/c1-4-25-41-28(12-1)33-17-7-19-35(46(33)50-41)31-15-9-22-38-44(31)45-32(36-20-8-18-34-29-13-2-5-26-42(29)51-47(34)36)16-10-23-39(45)49(38)40-24-11-21-37-30-14-3-6-27-43(30)52-48(37)40/h1-27H. The van der Waals surface area contributed by atoms with Crippen LogP contribution in [0, 0.1) is 0 Å². The van der Waals surface area contributed by atoms with Crippen LogP contribution in [0.3, 0.4) is 0 Å². The smallest absolute Gasteiger partial charge is 0.143 e. The highest BCUT2D eigenvalue weighted by Crippen LogP contribution is 2.48. The summed E-state index contributed by atoms with van der Waals surface area (Å²) in [6.07, 6.45) is 0. The SMILES string of the molecule is c1ccc2c(c1)oc1c(-c3cccc4c3c3c(-c5cccc6c5oc5ccccc56)cccc3n4-c3cccc4c3sc3ccccc34)cccc12. The van der Waals surface area contributed by atoms with E-state index >= 15 is 0 Å². The minimum absolute atomic E-state index is 0.897. The first-order chi connectivity index (χ1) is 25.8. The maximum absolute atomic E-state index is 6.67. The zero-order valence-corrected chi connectivity index (χ0v) is 28.6. The Morgan fingerprint density at radius 2 is 0.827 bits per heavy atom. The summed E-state index contributed by atoms with van der Waals surface area (Å²) >= 11 is 1.86. The lowest BCUT2D eigenvalue weighted by atomic mass is 9.93. The highest BCUT2D eigenvalue weighted by Gasteiger charge is 2.24. The van der Waals surface area contributed by atoms with Gasteiger partial charge in [-0.15, -0.1) is 11.3 Å². The predicted octanol–water partition coefficient (Wildman–Crippen LogP) is 14.3. The summed E-state index contributed by atoms with van der Waals surface area (Å²) < 4.78 is 18.4. The van der Waals surface area contributed by atoms with Gasteiger partial charge in [-0.25, -0.2) is 0 Å². The third kappa shape index (κ3) is 3.74. The zero-order chi connectivity index (χ0) is 33.9. The van der Waals surface area contributed by atoms with Gasteiger partial charge < -0.3 is 13.4 Å². The van der Waals surface area contributed by atoms with Crippen molar-refractivity contribution in [3.63, 3.8) is 0 Å². The Kier molecular flexibility index (Phi) is 5.65. The molecule has 4 heteroatoms. The van der Waals surface area contributed by atoms with Crippen LogP contribution in [-0.4, -0.2) is 4.57 Å². The molecule has 12 aromatic rings. The second-order valence-electron chi connectivity index (χ2n) is 13.5. The van der Waals surface area contributed by atoms with Crippen LogP contribution in [0.25, 0.3) is 114 Å². The molecular weight excluding hydrogens is 655 g/mol. The lowest BCUT2D eigenvalue weighted by Gasteiger charge is -2.10. The normalized spacial score (nSPS) is 12.2. The molecule has 0 spiro atoms. The number of benzene rings is 8. The van der Waals surface area contributed by atoms with E-state index < -0.39 is 0 Å². The molecule has 0 aliphatic carbocycles. The molecule has 0 bridgehead atoms. The molecule has 0 atom stereocenters.